The molecular formula is C14H16BrFN2O. The summed E-state index contributed by atoms with van der Waals surface area (Å²) in [6.07, 6.45) is 1.70. The zero-order valence-electron chi connectivity index (χ0n) is 11.1. The topological polar surface area (TPSA) is 38.1 Å². The van der Waals surface area contributed by atoms with Crippen LogP contribution in [0.5, 0.6) is 0 Å². The summed E-state index contributed by atoms with van der Waals surface area (Å²) in [7, 11) is 0. The monoisotopic (exact) mass is 326 g/mol. The predicted molar refractivity (Wildman–Crippen MR) is 75.3 cm³/mol. The van der Waals surface area contributed by atoms with Crippen LogP contribution < -0.4 is 5.32 Å². The summed E-state index contributed by atoms with van der Waals surface area (Å²) in [5, 5.41) is 3.37. The molecule has 0 radical (unpaired) electrons. The van der Waals surface area contributed by atoms with Gasteiger partial charge < -0.3 is 4.42 Å². The number of oxazole rings is 1. The van der Waals surface area contributed by atoms with Crippen molar-refractivity contribution in [2.75, 3.05) is 0 Å². The summed E-state index contributed by atoms with van der Waals surface area (Å²) in [6, 6.07) is 5.07. The van der Waals surface area contributed by atoms with Crippen LogP contribution in [0.15, 0.2) is 33.3 Å². The highest BCUT2D eigenvalue weighted by atomic mass is 79.9. The van der Waals surface area contributed by atoms with Crippen molar-refractivity contribution >= 4 is 15.9 Å². The summed E-state index contributed by atoms with van der Waals surface area (Å²) in [6.45, 7) is 5.87. The molecule has 0 aliphatic heterocycles. The number of nitrogens with zero attached hydrogens (tertiary/aromatic N) is 1. The fraction of sp³-hybridized carbons (Fsp3) is 0.357. The van der Waals surface area contributed by atoms with Crippen molar-refractivity contribution in [3.05, 3.63) is 51.9 Å². The number of halogens is 2. The molecule has 1 aromatic heterocycles. The van der Waals surface area contributed by atoms with Gasteiger partial charge in [0.2, 0.25) is 5.89 Å². The third-order valence-corrected chi connectivity index (χ3v) is 3.56. The van der Waals surface area contributed by atoms with E-state index in [9.17, 15) is 4.39 Å². The molecule has 1 N–H and O–H groups in total. The molecular weight excluding hydrogens is 311 g/mol. The van der Waals surface area contributed by atoms with Crippen molar-refractivity contribution in [3.63, 3.8) is 0 Å². The van der Waals surface area contributed by atoms with E-state index in [1.54, 1.807) is 18.3 Å². The zero-order valence-corrected chi connectivity index (χ0v) is 12.7. The summed E-state index contributed by atoms with van der Waals surface area (Å²) in [5.74, 6) is 1.19. The van der Waals surface area contributed by atoms with Gasteiger partial charge in [0.05, 0.1) is 16.7 Å². The maximum atomic E-state index is 13.2. The van der Waals surface area contributed by atoms with Gasteiger partial charge in [-0.2, -0.15) is 0 Å². The van der Waals surface area contributed by atoms with Crippen molar-refractivity contribution in [1.82, 2.24) is 10.3 Å². The maximum absolute atomic E-state index is 13.2. The van der Waals surface area contributed by atoms with E-state index in [1.807, 2.05) is 20.8 Å². The minimum atomic E-state index is -0.257. The molecule has 0 aliphatic rings. The molecule has 0 saturated heterocycles. The van der Waals surface area contributed by atoms with E-state index in [0.29, 0.717) is 10.4 Å². The lowest BCUT2D eigenvalue weighted by Gasteiger charge is -2.18. The lowest BCUT2D eigenvalue weighted by molar-refractivity contribution is 0.380. The largest absolute Gasteiger partial charge is 0.444 e. The Kier molecular flexibility index (Phi) is 4.37. The van der Waals surface area contributed by atoms with E-state index in [-0.39, 0.29) is 17.9 Å². The molecule has 102 valence electrons. The molecule has 0 bridgehead atoms. The van der Waals surface area contributed by atoms with Gasteiger partial charge in [0.15, 0.2) is 0 Å². The Morgan fingerprint density at radius 3 is 2.63 bits per heavy atom. The number of nitrogens with one attached hydrogen (secondary N) is 1. The van der Waals surface area contributed by atoms with Crippen molar-refractivity contribution in [3.8, 4) is 0 Å². The average Bonchev–Trinajstić information content (AvgIpc) is 2.79. The van der Waals surface area contributed by atoms with Crippen molar-refractivity contribution in [1.29, 1.82) is 0 Å². The Morgan fingerprint density at radius 2 is 2.05 bits per heavy atom. The maximum Gasteiger partial charge on any atom is 0.211 e. The Labute approximate surface area is 120 Å². The van der Waals surface area contributed by atoms with Gasteiger partial charge in [-0.3, -0.25) is 5.32 Å². The highest BCUT2D eigenvalue weighted by molar-refractivity contribution is 9.10. The molecule has 2 rings (SSSR count). The fourth-order valence-corrected chi connectivity index (χ4v) is 2.29. The first-order valence-electron chi connectivity index (χ1n) is 6.10. The number of benzene rings is 1. The number of hydrogen-bond donors (Lipinski definition) is 1. The number of aromatic nitrogens is 1. The molecule has 1 aromatic carbocycles. The second-order valence-corrected chi connectivity index (χ2v) is 5.45. The van der Waals surface area contributed by atoms with Crippen LogP contribution >= 0.6 is 15.9 Å². The Hall–Kier alpha value is -1.20. The normalized spacial score (nSPS) is 14.4. The molecule has 2 aromatic rings. The Bertz CT molecular complexity index is 570. The van der Waals surface area contributed by atoms with E-state index in [2.05, 4.69) is 26.2 Å². The SMILES string of the molecule is Cc1cnc(C(C)NC(C)c2ccc(F)c(Br)c2)o1. The van der Waals surface area contributed by atoms with Gasteiger partial charge in [0.1, 0.15) is 11.6 Å². The standard InChI is InChI=1S/C14H16BrFN2O/c1-8-7-17-14(19-8)10(3)18-9(2)11-4-5-13(16)12(15)6-11/h4-7,9-10,18H,1-3H3. The van der Waals surface area contributed by atoms with Crippen molar-refractivity contribution in [2.45, 2.75) is 32.9 Å². The van der Waals surface area contributed by atoms with Crippen molar-refractivity contribution < 1.29 is 8.81 Å². The summed E-state index contributed by atoms with van der Waals surface area (Å²) in [5.41, 5.74) is 1.00. The third kappa shape index (κ3) is 3.42. The minimum Gasteiger partial charge on any atom is -0.444 e. The highest BCUT2D eigenvalue weighted by Gasteiger charge is 2.15. The molecule has 0 saturated carbocycles. The number of rotatable bonds is 4. The van der Waals surface area contributed by atoms with Crippen LogP contribution in [0.4, 0.5) is 4.39 Å². The van der Waals surface area contributed by atoms with Gasteiger partial charge in [-0.1, -0.05) is 6.07 Å². The molecule has 19 heavy (non-hydrogen) atoms. The van der Waals surface area contributed by atoms with Crippen LogP contribution in [0.1, 0.15) is 43.1 Å². The van der Waals surface area contributed by atoms with Crippen LogP contribution in [0, 0.1) is 12.7 Å². The average molecular weight is 327 g/mol. The minimum absolute atomic E-state index is 0.00692. The molecule has 2 atom stereocenters. The van der Waals surface area contributed by atoms with Gasteiger partial charge in [0, 0.05) is 6.04 Å². The van der Waals surface area contributed by atoms with Gasteiger partial charge in [-0.05, 0) is 54.4 Å². The smallest absolute Gasteiger partial charge is 0.211 e. The van der Waals surface area contributed by atoms with Gasteiger partial charge >= 0.3 is 0 Å². The number of aryl methyl sites for hydroxylation is 1. The van der Waals surface area contributed by atoms with Gasteiger partial charge in [0.25, 0.3) is 0 Å². The van der Waals surface area contributed by atoms with E-state index in [4.69, 9.17) is 4.42 Å². The van der Waals surface area contributed by atoms with Crippen LogP contribution in [0.2, 0.25) is 0 Å². The third-order valence-electron chi connectivity index (χ3n) is 2.95. The van der Waals surface area contributed by atoms with E-state index in [0.717, 1.165) is 11.3 Å². The van der Waals surface area contributed by atoms with Crippen LogP contribution in [-0.4, -0.2) is 4.98 Å². The molecule has 0 spiro atoms. The first kappa shape index (κ1) is 14.2. The molecule has 0 amide bonds. The van der Waals surface area contributed by atoms with Crippen molar-refractivity contribution in [2.24, 2.45) is 0 Å². The lowest BCUT2D eigenvalue weighted by Crippen LogP contribution is -2.22. The van der Waals surface area contributed by atoms with Crippen LogP contribution in [0.3, 0.4) is 0 Å². The van der Waals surface area contributed by atoms with Crippen LogP contribution in [-0.2, 0) is 0 Å². The number of hydrogen-bond acceptors (Lipinski definition) is 3. The lowest BCUT2D eigenvalue weighted by atomic mass is 10.1. The summed E-state index contributed by atoms with van der Waals surface area (Å²) >= 11 is 3.20. The first-order chi connectivity index (χ1) is 8.97. The highest BCUT2D eigenvalue weighted by Crippen LogP contribution is 2.23. The quantitative estimate of drug-likeness (QED) is 0.910. The van der Waals surface area contributed by atoms with E-state index < -0.39 is 0 Å². The molecule has 0 aliphatic carbocycles. The van der Waals surface area contributed by atoms with Crippen LogP contribution in [0.25, 0.3) is 0 Å². The molecule has 1 heterocycles. The predicted octanol–water partition coefficient (Wildman–Crippen LogP) is 4.30. The fourth-order valence-electron chi connectivity index (χ4n) is 1.90. The first-order valence-corrected chi connectivity index (χ1v) is 6.90. The Morgan fingerprint density at radius 1 is 1.32 bits per heavy atom. The molecule has 2 unspecified atom stereocenters. The Balaban J connectivity index is 2.07. The second-order valence-electron chi connectivity index (χ2n) is 4.59. The zero-order chi connectivity index (χ0) is 14.0. The van der Waals surface area contributed by atoms with E-state index >= 15 is 0 Å². The summed E-state index contributed by atoms with van der Waals surface area (Å²) in [4.78, 5) is 4.20. The molecule has 0 fully saturated rings. The second kappa shape index (κ2) is 5.84. The van der Waals surface area contributed by atoms with Gasteiger partial charge in [-0.25, -0.2) is 9.37 Å². The molecule has 5 heteroatoms. The van der Waals surface area contributed by atoms with E-state index in [1.165, 1.54) is 6.07 Å². The van der Waals surface area contributed by atoms with Gasteiger partial charge in [-0.15, -0.1) is 0 Å². The molecule has 3 nitrogen and oxygen atoms in total. The summed E-state index contributed by atoms with van der Waals surface area (Å²) < 4.78 is 19.2.